The molecular formula is C27H24FNO6. The van der Waals surface area contributed by atoms with Crippen LogP contribution in [-0.2, 0) is 9.59 Å². The second-order valence-electron chi connectivity index (χ2n) is 7.80. The number of ketones is 1. The number of aliphatic hydroxyl groups excluding tert-OH is 1. The molecule has 1 aliphatic rings. The fourth-order valence-electron chi connectivity index (χ4n) is 3.94. The molecular weight excluding hydrogens is 453 g/mol. The first-order valence-corrected chi connectivity index (χ1v) is 10.9. The minimum absolute atomic E-state index is 0.0729. The molecule has 1 fully saturated rings. The van der Waals surface area contributed by atoms with E-state index in [1.807, 2.05) is 0 Å². The highest BCUT2D eigenvalue weighted by atomic mass is 19.1. The number of rotatable bonds is 8. The van der Waals surface area contributed by atoms with E-state index in [-0.39, 0.29) is 30.0 Å². The van der Waals surface area contributed by atoms with Gasteiger partial charge in [-0.15, -0.1) is 0 Å². The van der Waals surface area contributed by atoms with Gasteiger partial charge in [0.1, 0.15) is 35.4 Å². The molecule has 3 aromatic rings. The van der Waals surface area contributed by atoms with Crippen molar-refractivity contribution in [2.75, 3.05) is 27.4 Å². The van der Waals surface area contributed by atoms with Crippen LogP contribution >= 0.6 is 0 Å². The number of hydrogen-bond acceptors (Lipinski definition) is 6. The van der Waals surface area contributed by atoms with E-state index < -0.39 is 23.5 Å². The van der Waals surface area contributed by atoms with Crippen LogP contribution in [0.5, 0.6) is 17.2 Å². The maximum absolute atomic E-state index is 13.4. The third kappa shape index (κ3) is 4.96. The van der Waals surface area contributed by atoms with Crippen molar-refractivity contribution >= 4 is 17.4 Å². The molecule has 4 rings (SSSR count). The topological polar surface area (TPSA) is 85.3 Å². The lowest BCUT2D eigenvalue weighted by Gasteiger charge is -2.25. The highest BCUT2D eigenvalue weighted by Gasteiger charge is 2.46. The standard InChI is InChI=1S/C27H24FNO6/c1-33-20-9-5-17(6-10-20)24-23(25(30)18-3-7-19(28)8-4-18)26(31)27(32)29(24)15-16-35-22-13-11-21(34-2)12-14-22/h3-14,24,30H,15-16H2,1-2H3/b25-23-. The maximum Gasteiger partial charge on any atom is 0.295 e. The van der Waals surface area contributed by atoms with Crippen LogP contribution in [0.25, 0.3) is 5.76 Å². The van der Waals surface area contributed by atoms with Crippen molar-refractivity contribution in [3.05, 3.63) is 95.3 Å². The Labute approximate surface area is 202 Å². The minimum atomic E-state index is -0.856. The number of aliphatic hydroxyl groups is 1. The van der Waals surface area contributed by atoms with Gasteiger partial charge in [0.25, 0.3) is 11.7 Å². The molecule has 0 aromatic heterocycles. The minimum Gasteiger partial charge on any atom is -0.507 e. The SMILES string of the molecule is COc1ccc(OCCN2C(=O)C(=O)/C(=C(\O)c3ccc(F)cc3)C2c2ccc(OC)cc2)cc1. The van der Waals surface area contributed by atoms with Crippen LogP contribution in [-0.4, -0.2) is 49.1 Å². The predicted molar refractivity (Wildman–Crippen MR) is 127 cm³/mol. The van der Waals surface area contributed by atoms with Crippen LogP contribution in [0, 0.1) is 5.82 Å². The monoisotopic (exact) mass is 477 g/mol. The Balaban J connectivity index is 1.66. The summed E-state index contributed by atoms with van der Waals surface area (Å²) >= 11 is 0. The van der Waals surface area contributed by atoms with Crippen molar-refractivity contribution in [3.8, 4) is 17.2 Å². The summed E-state index contributed by atoms with van der Waals surface area (Å²) in [6.07, 6.45) is 0. The van der Waals surface area contributed by atoms with Crippen molar-refractivity contribution in [1.29, 1.82) is 0 Å². The summed E-state index contributed by atoms with van der Waals surface area (Å²) in [6.45, 7) is 0.204. The Hall–Kier alpha value is -4.33. The fourth-order valence-corrected chi connectivity index (χ4v) is 3.94. The van der Waals surface area contributed by atoms with Crippen molar-refractivity contribution in [1.82, 2.24) is 4.90 Å². The fraction of sp³-hybridized carbons (Fsp3) is 0.185. The van der Waals surface area contributed by atoms with Gasteiger partial charge in [-0.25, -0.2) is 4.39 Å². The van der Waals surface area contributed by atoms with E-state index >= 15 is 0 Å². The molecule has 1 atom stereocenters. The molecule has 1 unspecified atom stereocenters. The van der Waals surface area contributed by atoms with Crippen molar-refractivity contribution < 1.29 is 33.3 Å². The number of hydrogen-bond donors (Lipinski definition) is 1. The number of ether oxygens (including phenoxy) is 3. The summed E-state index contributed by atoms with van der Waals surface area (Å²) in [5, 5.41) is 11.0. The lowest BCUT2D eigenvalue weighted by atomic mass is 9.95. The van der Waals surface area contributed by atoms with Crippen LogP contribution < -0.4 is 14.2 Å². The van der Waals surface area contributed by atoms with E-state index in [0.717, 1.165) is 0 Å². The number of likely N-dealkylation sites (tertiary alicyclic amines) is 1. The van der Waals surface area contributed by atoms with Gasteiger partial charge in [0.15, 0.2) is 0 Å². The molecule has 1 aliphatic heterocycles. The van der Waals surface area contributed by atoms with E-state index in [1.165, 1.54) is 36.3 Å². The number of benzene rings is 3. The quantitative estimate of drug-likeness (QED) is 0.295. The molecule has 8 heteroatoms. The molecule has 0 saturated carbocycles. The van der Waals surface area contributed by atoms with Crippen molar-refractivity contribution in [2.45, 2.75) is 6.04 Å². The Kier molecular flexibility index (Phi) is 7.01. The molecule has 1 N–H and O–H groups in total. The normalized spacial score (nSPS) is 16.9. The summed E-state index contributed by atoms with van der Waals surface area (Å²) in [7, 11) is 3.10. The van der Waals surface area contributed by atoms with Gasteiger partial charge in [-0.1, -0.05) is 12.1 Å². The Bertz CT molecular complexity index is 1240. The number of nitrogens with zero attached hydrogens (tertiary/aromatic N) is 1. The number of carbonyl (C=O) groups excluding carboxylic acids is 2. The molecule has 0 spiro atoms. The smallest absolute Gasteiger partial charge is 0.295 e. The molecule has 1 heterocycles. The summed E-state index contributed by atoms with van der Waals surface area (Å²) in [4.78, 5) is 27.4. The van der Waals surface area contributed by atoms with E-state index in [9.17, 15) is 19.1 Å². The number of carbonyl (C=O) groups is 2. The number of amides is 1. The summed E-state index contributed by atoms with van der Waals surface area (Å²) in [5.74, 6) is -0.568. The van der Waals surface area contributed by atoms with Crippen LogP contribution in [0.15, 0.2) is 78.4 Å². The second-order valence-corrected chi connectivity index (χ2v) is 7.80. The highest BCUT2D eigenvalue weighted by molar-refractivity contribution is 6.46. The molecule has 3 aromatic carbocycles. The summed E-state index contributed by atoms with van der Waals surface area (Å²) in [5.41, 5.74) is 0.770. The molecule has 7 nitrogen and oxygen atoms in total. The van der Waals surface area contributed by atoms with Crippen molar-refractivity contribution in [3.63, 3.8) is 0 Å². The number of halogens is 1. The first kappa shape index (κ1) is 23.8. The van der Waals surface area contributed by atoms with Gasteiger partial charge < -0.3 is 24.2 Å². The molecule has 1 amide bonds. The molecule has 35 heavy (non-hydrogen) atoms. The van der Waals surface area contributed by atoms with E-state index in [4.69, 9.17) is 14.2 Å². The molecule has 0 bridgehead atoms. The zero-order valence-electron chi connectivity index (χ0n) is 19.2. The van der Waals surface area contributed by atoms with Gasteiger partial charge in [-0.05, 0) is 66.2 Å². The average Bonchev–Trinajstić information content (AvgIpc) is 3.14. The van der Waals surface area contributed by atoms with Gasteiger partial charge >= 0.3 is 0 Å². The zero-order valence-corrected chi connectivity index (χ0v) is 19.2. The van der Waals surface area contributed by atoms with Gasteiger partial charge in [0.2, 0.25) is 0 Å². The van der Waals surface area contributed by atoms with Gasteiger partial charge in [-0.2, -0.15) is 0 Å². The van der Waals surface area contributed by atoms with E-state index in [0.29, 0.717) is 22.8 Å². The Morgan fingerprint density at radius 2 is 1.40 bits per heavy atom. The largest absolute Gasteiger partial charge is 0.507 e. The lowest BCUT2D eigenvalue weighted by molar-refractivity contribution is -0.140. The van der Waals surface area contributed by atoms with E-state index in [1.54, 1.807) is 55.6 Å². The first-order chi connectivity index (χ1) is 16.9. The summed E-state index contributed by atoms with van der Waals surface area (Å²) < 4.78 is 29.5. The highest BCUT2D eigenvalue weighted by Crippen LogP contribution is 2.39. The maximum atomic E-state index is 13.4. The van der Waals surface area contributed by atoms with Crippen molar-refractivity contribution in [2.24, 2.45) is 0 Å². The third-order valence-corrected chi connectivity index (χ3v) is 5.75. The van der Waals surface area contributed by atoms with Crippen LogP contribution in [0.3, 0.4) is 0 Å². The molecule has 0 aliphatic carbocycles. The lowest BCUT2D eigenvalue weighted by Crippen LogP contribution is -2.33. The Morgan fingerprint density at radius 1 is 0.857 bits per heavy atom. The molecule has 0 radical (unpaired) electrons. The number of methoxy groups -OCH3 is 2. The first-order valence-electron chi connectivity index (χ1n) is 10.9. The van der Waals surface area contributed by atoms with Gasteiger partial charge in [0.05, 0.1) is 32.4 Å². The van der Waals surface area contributed by atoms with E-state index in [2.05, 4.69) is 0 Å². The predicted octanol–water partition coefficient (Wildman–Crippen LogP) is 4.34. The third-order valence-electron chi connectivity index (χ3n) is 5.75. The van der Waals surface area contributed by atoms with Crippen LogP contribution in [0.1, 0.15) is 17.2 Å². The second kappa shape index (κ2) is 10.3. The summed E-state index contributed by atoms with van der Waals surface area (Å²) in [6, 6.07) is 18.1. The average molecular weight is 477 g/mol. The van der Waals surface area contributed by atoms with Crippen LogP contribution in [0.2, 0.25) is 0 Å². The zero-order chi connectivity index (χ0) is 24.9. The van der Waals surface area contributed by atoms with Crippen LogP contribution in [0.4, 0.5) is 4.39 Å². The number of Topliss-reactive ketones (excluding diaryl/α,β-unsaturated/α-hetero) is 1. The molecule has 1 saturated heterocycles. The molecule has 180 valence electrons. The Morgan fingerprint density at radius 3 is 1.97 bits per heavy atom. The van der Waals surface area contributed by atoms with Gasteiger partial charge in [-0.3, -0.25) is 9.59 Å². The van der Waals surface area contributed by atoms with Gasteiger partial charge in [0, 0.05) is 5.56 Å².